The molecular formula is C12H12BrNO2. The van der Waals surface area contributed by atoms with Gasteiger partial charge in [-0.15, -0.1) is 0 Å². The Morgan fingerprint density at radius 3 is 2.69 bits per heavy atom. The van der Waals surface area contributed by atoms with E-state index in [9.17, 15) is 4.79 Å². The van der Waals surface area contributed by atoms with Gasteiger partial charge >= 0.3 is 5.97 Å². The van der Waals surface area contributed by atoms with Crippen molar-refractivity contribution in [3.63, 3.8) is 0 Å². The van der Waals surface area contributed by atoms with Gasteiger partial charge in [-0.3, -0.25) is 0 Å². The summed E-state index contributed by atoms with van der Waals surface area (Å²) in [7, 11) is 0. The van der Waals surface area contributed by atoms with Crippen molar-refractivity contribution >= 4 is 32.8 Å². The summed E-state index contributed by atoms with van der Waals surface area (Å²) in [6.07, 6.45) is 0. The quantitative estimate of drug-likeness (QED) is 0.916. The van der Waals surface area contributed by atoms with Gasteiger partial charge in [0.05, 0.1) is 5.52 Å². The van der Waals surface area contributed by atoms with E-state index < -0.39 is 5.97 Å². The number of carboxylic acids is 1. The first kappa shape index (κ1) is 11.2. The van der Waals surface area contributed by atoms with Crippen LogP contribution in [0.15, 0.2) is 22.7 Å². The highest BCUT2D eigenvalue weighted by Crippen LogP contribution is 2.29. The average Bonchev–Trinajstić information content (AvgIpc) is 2.56. The fourth-order valence-electron chi connectivity index (χ4n) is 2.01. The zero-order chi connectivity index (χ0) is 11.9. The SMILES string of the molecule is CCn1c(C(=O)O)cc2cc(C)cc(Br)c21. The summed E-state index contributed by atoms with van der Waals surface area (Å²) in [5.74, 6) is -0.886. The zero-order valence-electron chi connectivity index (χ0n) is 9.12. The number of aromatic carboxylic acids is 1. The molecule has 0 spiro atoms. The molecule has 0 unspecified atom stereocenters. The van der Waals surface area contributed by atoms with Crippen LogP contribution in [0.4, 0.5) is 0 Å². The second-order valence-electron chi connectivity index (χ2n) is 3.76. The second kappa shape index (κ2) is 3.94. The topological polar surface area (TPSA) is 42.2 Å². The predicted molar refractivity (Wildman–Crippen MR) is 67.0 cm³/mol. The molecule has 0 fully saturated rings. The van der Waals surface area contributed by atoms with Crippen LogP contribution in [0.1, 0.15) is 23.0 Å². The number of fused-ring (bicyclic) bond motifs is 1. The highest BCUT2D eigenvalue weighted by atomic mass is 79.9. The monoisotopic (exact) mass is 281 g/mol. The maximum atomic E-state index is 11.1. The first-order chi connectivity index (χ1) is 7.54. The molecule has 0 aliphatic heterocycles. The summed E-state index contributed by atoms with van der Waals surface area (Å²) in [4.78, 5) is 11.1. The van der Waals surface area contributed by atoms with Crippen molar-refractivity contribution in [1.29, 1.82) is 0 Å². The number of carboxylic acid groups (broad SMARTS) is 1. The number of aromatic nitrogens is 1. The number of aryl methyl sites for hydroxylation is 2. The molecule has 3 nitrogen and oxygen atoms in total. The van der Waals surface area contributed by atoms with Crippen LogP contribution < -0.4 is 0 Å². The van der Waals surface area contributed by atoms with Gasteiger partial charge < -0.3 is 9.67 Å². The van der Waals surface area contributed by atoms with E-state index in [1.54, 1.807) is 10.6 Å². The third-order valence-corrected chi connectivity index (χ3v) is 3.23. The maximum absolute atomic E-state index is 11.1. The summed E-state index contributed by atoms with van der Waals surface area (Å²) in [6, 6.07) is 5.72. The summed E-state index contributed by atoms with van der Waals surface area (Å²) in [5.41, 5.74) is 2.40. The van der Waals surface area contributed by atoms with Gasteiger partial charge in [-0.05, 0) is 53.5 Å². The molecule has 0 radical (unpaired) electrons. The molecule has 4 heteroatoms. The summed E-state index contributed by atoms with van der Waals surface area (Å²) in [5, 5.41) is 10.1. The molecule has 0 saturated carbocycles. The lowest BCUT2D eigenvalue weighted by atomic mass is 10.2. The standard InChI is InChI=1S/C12H12BrNO2/c1-3-14-10(12(15)16)6-8-4-7(2)5-9(13)11(8)14/h4-6H,3H2,1-2H3,(H,15,16). The largest absolute Gasteiger partial charge is 0.477 e. The number of hydrogen-bond donors (Lipinski definition) is 1. The molecule has 1 N–H and O–H groups in total. The zero-order valence-corrected chi connectivity index (χ0v) is 10.7. The molecule has 0 atom stereocenters. The van der Waals surface area contributed by atoms with Crippen LogP contribution in [0, 0.1) is 6.92 Å². The lowest BCUT2D eigenvalue weighted by molar-refractivity contribution is 0.0686. The first-order valence-electron chi connectivity index (χ1n) is 5.07. The van der Waals surface area contributed by atoms with Gasteiger partial charge in [-0.1, -0.05) is 0 Å². The maximum Gasteiger partial charge on any atom is 0.352 e. The van der Waals surface area contributed by atoms with Crippen molar-refractivity contribution in [2.45, 2.75) is 20.4 Å². The van der Waals surface area contributed by atoms with Crippen LogP contribution in [-0.4, -0.2) is 15.6 Å². The molecule has 0 aliphatic rings. The Morgan fingerprint density at radius 2 is 2.12 bits per heavy atom. The number of rotatable bonds is 2. The Balaban J connectivity index is 2.87. The second-order valence-corrected chi connectivity index (χ2v) is 4.62. The lowest BCUT2D eigenvalue weighted by Gasteiger charge is -2.06. The van der Waals surface area contributed by atoms with E-state index in [1.807, 2.05) is 26.0 Å². The first-order valence-corrected chi connectivity index (χ1v) is 5.86. The molecule has 0 aliphatic carbocycles. The molecule has 1 heterocycles. The highest BCUT2D eigenvalue weighted by molar-refractivity contribution is 9.10. The van der Waals surface area contributed by atoms with E-state index in [1.165, 1.54) is 0 Å². The van der Waals surface area contributed by atoms with E-state index >= 15 is 0 Å². The van der Waals surface area contributed by atoms with Crippen LogP contribution >= 0.6 is 15.9 Å². The number of nitrogens with zero attached hydrogens (tertiary/aromatic N) is 1. The number of halogens is 1. The summed E-state index contributed by atoms with van der Waals surface area (Å²) >= 11 is 3.49. The Hall–Kier alpha value is -1.29. The molecule has 2 rings (SSSR count). The van der Waals surface area contributed by atoms with E-state index in [2.05, 4.69) is 15.9 Å². The molecule has 1 aromatic carbocycles. The van der Waals surface area contributed by atoms with Crippen molar-refractivity contribution in [1.82, 2.24) is 4.57 Å². The Labute approximate surface area is 102 Å². The van der Waals surface area contributed by atoms with Crippen LogP contribution in [-0.2, 0) is 6.54 Å². The van der Waals surface area contributed by atoms with Gasteiger partial charge in [-0.25, -0.2) is 4.79 Å². The molecule has 1 aromatic heterocycles. The molecule has 0 bridgehead atoms. The van der Waals surface area contributed by atoms with Crippen molar-refractivity contribution in [3.8, 4) is 0 Å². The van der Waals surface area contributed by atoms with Gasteiger partial charge in [0.2, 0.25) is 0 Å². The number of hydrogen-bond acceptors (Lipinski definition) is 1. The molecule has 2 aromatic rings. The Bertz CT molecular complexity index is 572. The van der Waals surface area contributed by atoms with Crippen LogP contribution in [0.3, 0.4) is 0 Å². The molecule has 84 valence electrons. The minimum Gasteiger partial charge on any atom is -0.477 e. The fraction of sp³-hybridized carbons (Fsp3) is 0.250. The van der Waals surface area contributed by atoms with Gasteiger partial charge in [0.15, 0.2) is 0 Å². The third kappa shape index (κ3) is 1.63. The highest BCUT2D eigenvalue weighted by Gasteiger charge is 2.15. The third-order valence-electron chi connectivity index (χ3n) is 2.63. The Kier molecular flexibility index (Phi) is 2.76. The van der Waals surface area contributed by atoms with Gasteiger partial charge in [-0.2, -0.15) is 0 Å². The van der Waals surface area contributed by atoms with Crippen molar-refractivity contribution < 1.29 is 9.90 Å². The van der Waals surface area contributed by atoms with E-state index in [0.29, 0.717) is 12.2 Å². The minimum atomic E-state index is -0.886. The number of benzene rings is 1. The molecule has 0 saturated heterocycles. The molecule has 16 heavy (non-hydrogen) atoms. The minimum absolute atomic E-state index is 0.337. The van der Waals surface area contributed by atoms with Crippen LogP contribution in [0.5, 0.6) is 0 Å². The smallest absolute Gasteiger partial charge is 0.352 e. The lowest BCUT2D eigenvalue weighted by Crippen LogP contribution is -2.06. The van der Waals surface area contributed by atoms with E-state index in [-0.39, 0.29) is 0 Å². The van der Waals surface area contributed by atoms with Gasteiger partial charge in [0.25, 0.3) is 0 Å². The van der Waals surface area contributed by atoms with Gasteiger partial charge in [0, 0.05) is 16.4 Å². The number of carbonyl (C=O) groups is 1. The Morgan fingerprint density at radius 1 is 1.44 bits per heavy atom. The van der Waals surface area contributed by atoms with Crippen LogP contribution in [0.2, 0.25) is 0 Å². The normalized spacial score (nSPS) is 10.9. The van der Waals surface area contributed by atoms with Crippen molar-refractivity contribution in [2.24, 2.45) is 0 Å². The van der Waals surface area contributed by atoms with Crippen molar-refractivity contribution in [2.75, 3.05) is 0 Å². The summed E-state index contributed by atoms with van der Waals surface area (Å²) in [6.45, 7) is 4.58. The van der Waals surface area contributed by atoms with Crippen molar-refractivity contribution in [3.05, 3.63) is 33.9 Å². The van der Waals surface area contributed by atoms with E-state index in [0.717, 1.165) is 20.9 Å². The van der Waals surface area contributed by atoms with Crippen LogP contribution in [0.25, 0.3) is 10.9 Å². The predicted octanol–water partition coefficient (Wildman–Crippen LogP) is 3.43. The van der Waals surface area contributed by atoms with E-state index in [4.69, 9.17) is 5.11 Å². The summed E-state index contributed by atoms with van der Waals surface area (Å²) < 4.78 is 2.75. The van der Waals surface area contributed by atoms with Gasteiger partial charge in [0.1, 0.15) is 5.69 Å². The molecular weight excluding hydrogens is 270 g/mol. The average molecular weight is 282 g/mol. The molecule has 0 amide bonds. The fourth-order valence-corrected chi connectivity index (χ4v) is 2.81.